The zero-order valence-electron chi connectivity index (χ0n) is 10.6. The van der Waals surface area contributed by atoms with Gasteiger partial charge in [-0.15, -0.1) is 10.2 Å². The number of hydrogen-bond donors (Lipinski definition) is 0. The Morgan fingerprint density at radius 2 is 2.26 bits per heavy atom. The summed E-state index contributed by atoms with van der Waals surface area (Å²) >= 11 is 1.27. The molecule has 0 bridgehead atoms. The van der Waals surface area contributed by atoms with Gasteiger partial charge < -0.3 is 9.47 Å². The highest BCUT2D eigenvalue weighted by Crippen LogP contribution is 2.22. The van der Waals surface area contributed by atoms with Crippen molar-refractivity contribution >= 4 is 17.7 Å². The lowest BCUT2D eigenvalue weighted by molar-refractivity contribution is -0.137. The van der Waals surface area contributed by atoms with Crippen molar-refractivity contribution < 1.29 is 14.3 Å². The first-order valence-electron chi connectivity index (χ1n) is 5.48. The lowest BCUT2D eigenvalue weighted by atomic mass is 10.3. The molecule has 2 aromatic rings. The fourth-order valence-electron chi connectivity index (χ4n) is 1.44. The first kappa shape index (κ1) is 13.4. The van der Waals surface area contributed by atoms with Crippen molar-refractivity contribution in [3.05, 3.63) is 30.6 Å². The second-order valence-electron chi connectivity index (χ2n) is 3.55. The van der Waals surface area contributed by atoms with E-state index in [0.29, 0.717) is 5.16 Å². The van der Waals surface area contributed by atoms with Crippen LogP contribution < -0.4 is 4.74 Å². The van der Waals surface area contributed by atoms with Crippen LogP contribution >= 0.6 is 11.8 Å². The van der Waals surface area contributed by atoms with E-state index in [0.717, 1.165) is 11.4 Å². The fourth-order valence-corrected chi connectivity index (χ4v) is 2.20. The Morgan fingerprint density at radius 1 is 1.42 bits per heavy atom. The van der Waals surface area contributed by atoms with Crippen molar-refractivity contribution in [3.63, 3.8) is 0 Å². The van der Waals surface area contributed by atoms with Gasteiger partial charge in [-0.25, -0.2) is 0 Å². The number of carbonyl (C=O) groups excluding carboxylic acids is 1. The molecule has 0 atom stereocenters. The van der Waals surface area contributed by atoms with E-state index in [2.05, 4.69) is 14.9 Å². The quantitative estimate of drug-likeness (QED) is 0.611. The molecule has 0 aliphatic heterocycles. The molecule has 0 unspecified atom stereocenters. The summed E-state index contributed by atoms with van der Waals surface area (Å²) in [5.74, 6) is 0.638. The summed E-state index contributed by atoms with van der Waals surface area (Å²) in [4.78, 5) is 11.1. The number of aromatic nitrogens is 3. The first-order chi connectivity index (χ1) is 9.24. The van der Waals surface area contributed by atoms with E-state index >= 15 is 0 Å². The van der Waals surface area contributed by atoms with E-state index in [-0.39, 0.29) is 11.7 Å². The zero-order chi connectivity index (χ0) is 13.7. The molecule has 0 aliphatic carbocycles. The summed E-state index contributed by atoms with van der Waals surface area (Å²) in [6.45, 7) is 0. The van der Waals surface area contributed by atoms with Crippen LogP contribution in [-0.2, 0) is 9.53 Å². The topological polar surface area (TPSA) is 66.2 Å². The number of thioether (sulfide) groups is 1. The largest absolute Gasteiger partial charge is 0.497 e. The molecule has 0 fully saturated rings. The lowest BCUT2D eigenvalue weighted by Crippen LogP contribution is -2.04. The van der Waals surface area contributed by atoms with E-state index in [4.69, 9.17) is 4.74 Å². The number of methoxy groups -OCH3 is 2. The molecule has 1 heterocycles. The predicted molar refractivity (Wildman–Crippen MR) is 70.7 cm³/mol. The van der Waals surface area contributed by atoms with Crippen LogP contribution in [0.4, 0.5) is 0 Å². The minimum atomic E-state index is -0.301. The summed E-state index contributed by atoms with van der Waals surface area (Å²) in [5, 5.41) is 8.46. The number of ether oxygens (including phenoxy) is 2. The fraction of sp³-hybridized carbons (Fsp3) is 0.250. The maximum absolute atomic E-state index is 11.1. The Hall–Kier alpha value is -2.02. The molecule has 0 N–H and O–H groups in total. The van der Waals surface area contributed by atoms with Gasteiger partial charge in [-0.1, -0.05) is 17.8 Å². The highest BCUT2D eigenvalue weighted by Gasteiger charge is 2.10. The van der Waals surface area contributed by atoms with Crippen molar-refractivity contribution in [1.82, 2.24) is 14.8 Å². The molecule has 6 nitrogen and oxygen atoms in total. The van der Waals surface area contributed by atoms with E-state index < -0.39 is 0 Å². The standard InChI is InChI=1S/C12H13N3O3S/c1-17-10-5-3-4-9(6-10)15-8-13-14-12(15)19-7-11(16)18-2/h3-6,8H,7H2,1-2H3. The molecule has 100 valence electrons. The Labute approximate surface area is 114 Å². The van der Waals surface area contributed by atoms with Gasteiger partial charge >= 0.3 is 5.97 Å². The molecule has 1 aromatic heterocycles. The van der Waals surface area contributed by atoms with Crippen molar-refractivity contribution in [3.8, 4) is 11.4 Å². The molecule has 7 heteroatoms. The van der Waals surface area contributed by atoms with Gasteiger partial charge in [0.2, 0.25) is 0 Å². The maximum Gasteiger partial charge on any atom is 0.316 e. The highest BCUT2D eigenvalue weighted by molar-refractivity contribution is 7.99. The summed E-state index contributed by atoms with van der Waals surface area (Å²) in [6, 6.07) is 7.51. The SMILES string of the molecule is COC(=O)CSc1nncn1-c1cccc(OC)c1. The Bertz CT molecular complexity index is 571. The number of nitrogens with zero attached hydrogens (tertiary/aromatic N) is 3. The molecule has 2 rings (SSSR count). The van der Waals surface area contributed by atoms with Gasteiger partial charge in [0.05, 0.1) is 25.7 Å². The summed E-state index contributed by atoms with van der Waals surface area (Å²) in [6.07, 6.45) is 1.59. The van der Waals surface area contributed by atoms with E-state index in [1.807, 2.05) is 24.3 Å². The smallest absolute Gasteiger partial charge is 0.316 e. The summed E-state index contributed by atoms with van der Waals surface area (Å²) in [7, 11) is 2.97. The van der Waals surface area contributed by atoms with Crippen molar-refractivity contribution in [1.29, 1.82) is 0 Å². The normalized spacial score (nSPS) is 10.2. The van der Waals surface area contributed by atoms with Crippen molar-refractivity contribution in [2.45, 2.75) is 5.16 Å². The molecule has 19 heavy (non-hydrogen) atoms. The van der Waals surface area contributed by atoms with Crippen LogP contribution in [0.3, 0.4) is 0 Å². The molecule has 0 saturated carbocycles. The Kier molecular flexibility index (Phi) is 4.40. The van der Waals surface area contributed by atoms with Crippen molar-refractivity contribution in [2.75, 3.05) is 20.0 Å². The number of rotatable bonds is 5. The van der Waals surface area contributed by atoms with Crippen LogP contribution in [0.5, 0.6) is 5.75 Å². The third kappa shape index (κ3) is 3.25. The molecule has 0 aliphatic rings. The molecular formula is C12H13N3O3S. The monoisotopic (exact) mass is 279 g/mol. The van der Waals surface area contributed by atoms with Crippen LogP contribution in [-0.4, -0.2) is 40.7 Å². The zero-order valence-corrected chi connectivity index (χ0v) is 11.4. The molecule has 0 saturated heterocycles. The number of hydrogen-bond acceptors (Lipinski definition) is 6. The van der Waals surface area contributed by atoms with Gasteiger partial charge in [0.1, 0.15) is 12.1 Å². The third-order valence-electron chi connectivity index (χ3n) is 2.39. The van der Waals surface area contributed by atoms with Crippen LogP contribution in [0, 0.1) is 0 Å². The van der Waals surface area contributed by atoms with Gasteiger partial charge in [-0.05, 0) is 12.1 Å². The van der Waals surface area contributed by atoms with E-state index in [9.17, 15) is 4.79 Å². The number of benzene rings is 1. The molecule has 0 spiro atoms. The number of carbonyl (C=O) groups is 1. The minimum absolute atomic E-state index is 0.194. The molecular weight excluding hydrogens is 266 g/mol. The van der Waals surface area contributed by atoms with Crippen LogP contribution in [0.2, 0.25) is 0 Å². The van der Waals surface area contributed by atoms with Crippen LogP contribution in [0.15, 0.2) is 35.7 Å². The van der Waals surface area contributed by atoms with Crippen molar-refractivity contribution in [2.24, 2.45) is 0 Å². The number of esters is 1. The Balaban J connectivity index is 2.20. The van der Waals surface area contributed by atoms with Gasteiger partial charge in [0, 0.05) is 6.07 Å². The summed E-state index contributed by atoms with van der Waals surface area (Å²) < 4.78 is 11.6. The average Bonchev–Trinajstić information content (AvgIpc) is 2.93. The maximum atomic E-state index is 11.1. The predicted octanol–water partition coefficient (Wildman–Crippen LogP) is 1.54. The molecule has 0 radical (unpaired) electrons. The Morgan fingerprint density at radius 3 is 3.00 bits per heavy atom. The highest BCUT2D eigenvalue weighted by atomic mass is 32.2. The second-order valence-corrected chi connectivity index (χ2v) is 4.49. The van der Waals surface area contributed by atoms with Crippen LogP contribution in [0.1, 0.15) is 0 Å². The molecule has 1 aromatic carbocycles. The van der Waals surface area contributed by atoms with E-state index in [1.165, 1.54) is 18.9 Å². The van der Waals surface area contributed by atoms with Gasteiger partial charge in [-0.2, -0.15) is 0 Å². The van der Waals surface area contributed by atoms with Crippen LogP contribution in [0.25, 0.3) is 5.69 Å². The second kappa shape index (κ2) is 6.24. The lowest BCUT2D eigenvalue weighted by Gasteiger charge is -2.07. The van der Waals surface area contributed by atoms with E-state index in [1.54, 1.807) is 18.0 Å². The minimum Gasteiger partial charge on any atom is -0.497 e. The summed E-state index contributed by atoms with van der Waals surface area (Å²) in [5.41, 5.74) is 0.872. The third-order valence-corrected chi connectivity index (χ3v) is 3.31. The van der Waals surface area contributed by atoms with Gasteiger partial charge in [-0.3, -0.25) is 9.36 Å². The molecule has 0 amide bonds. The van der Waals surface area contributed by atoms with Gasteiger partial charge in [0.15, 0.2) is 5.16 Å². The first-order valence-corrected chi connectivity index (χ1v) is 6.47. The van der Waals surface area contributed by atoms with Gasteiger partial charge in [0.25, 0.3) is 0 Å². The average molecular weight is 279 g/mol.